The summed E-state index contributed by atoms with van der Waals surface area (Å²) >= 11 is 0. The lowest BCUT2D eigenvalue weighted by molar-refractivity contribution is -0.157. The highest BCUT2D eigenvalue weighted by Crippen LogP contribution is 2.14. The van der Waals surface area contributed by atoms with Gasteiger partial charge in [-0.05, 0) is 53.7 Å². The maximum Gasteiger partial charge on any atom is 0.306 e. The molecule has 15 heteroatoms. The lowest BCUT2D eigenvalue weighted by Crippen LogP contribution is -2.25. The van der Waals surface area contributed by atoms with Crippen LogP contribution in [0.1, 0.15) is 87.9 Å². The molecule has 0 aliphatic carbocycles. The molecule has 0 saturated heterocycles. The number of nitrogens with zero attached hydrogens (tertiary/aromatic N) is 2. The molecule has 0 fully saturated rings. The number of nitrogen functional groups attached to an aromatic ring is 1. The quantitative estimate of drug-likeness (QED) is 0.258. The van der Waals surface area contributed by atoms with E-state index in [4.69, 9.17) is 31.8 Å². The molecule has 0 aliphatic heterocycles. The van der Waals surface area contributed by atoms with Crippen LogP contribution in [0.2, 0.25) is 0 Å². The average Bonchev–Trinajstić information content (AvgIpc) is 2.85. The molecule has 2 aromatic heterocycles. The summed E-state index contributed by atoms with van der Waals surface area (Å²) in [4.78, 5) is 73.4. The van der Waals surface area contributed by atoms with Gasteiger partial charge < -0.3 is 37.1 Å². The summed E-state index contributed by atoms with van der Waals surface area (Å²) in [5.41, 5.74) is 15.4. The number of aliphatic carboxylic acids is 1. The van der Waals surface area contributed by atoms with E-state index in [1.165, 1.54) is 36.9 Å². The van der Waals surface area contributed by atoms with E-state index >= 15 is 0 Å². The molecule has 0 spiro atoms. The number of aromatic nitrogens is 2. The van der Waals surface area contributed by atoms with E-state index in [1.54, 1.807) is 41.5 Å². The lowest BCUT2D eigenvalue weighted by Gasteiger charge is -2.19. The maximum atomic E-state index is 11.8. The summed E-state index contributed by atoms with van der Waals surface area (Å²) < 4.78 is 9.98. The Kier molecular flexibility index (Phi) is 15.6. The Hall–Kier alpha value is -5.08. The fourth-order valence-corrected chi connectivity index (χ4v) is 2.73. The molecule has 3 amide bonds. The van der Waals surface area contributed by atoms with Crippen molar-refractivity contribution in [2.24, 2.45) is 11.5 Å². The molecular formula is C28H40N6O9. The summed E-state index contributed by atoms with van der Waals surface area (Å²) in [5.74, 6) is -3.56. The van der Waals surface area contributed by atoms with E-state index < -0.39 is 46.8 Å². The Morgan fingerprint density at radius 1 is 0.744 bits per heavy atom. The highest BCUT2D eigenvalue weighted by atomic mass is 16.6. The third kappa shape index (κ3) is 18.8. The predicted octanol–water partition coefficient (Wildman–Crippen LogP) is 2.20. The number of carboxylic acid groups (broad SMARTS) is 1. The van der Waals surface area contributed by atoms with Gasteiger partial charge >= 0.3 is 17.9 Å². The smallest absolute Gasteiger partial charge is 0.306 e. The predicted molar refractivity (Wildman–Crippen MR) is 156 cm³/mol. The number of hydrogen-bond acceptors (Lipinski definition) is 11. The zero-order valence-electron chi connectivity index (χ0n) is 25.1. The van der Waals surface area contributed by atoms with Gasteiger partial charge in [0.15, 0.2) is 0 Å². The summed E-state index contributed by atoms with van der Waals surface area (Å²) in [7, 11) is 0. The molecule has 0 saturated carbocycles. The number of anilines is 2. The number of nitrogens with two attached hydrogens (primary N) is 3. The second-order valence-electron chi connectivity index (χ2n) is 10.7. The number of nitrogens with one attached hydrogen (secondary N) is 1. The first-order valence-corrected chi connectivity index (χ1v) is 12.9. The van der Waals surface area contributed by atoms with Crippen LogP contribution in [0, 0.1) is 0 Å². The van der Waals surface area contributed by atoms with Crippen molar-refractivity contribution in [3.8, 4) is 0 Å². The number of amides is 3. The third-order valence-corrected chi connectivity index (χ3v) is 4.42. The average molecular weight is 605 g/mol. The van der Waals surface area contributed by atoms with Gasteiger partial charge in [-0.2, -0.15) is 0 Å². The molecule has 2 heterocycles. The highest BCUT2D eigenvalue weighted by molar-refractivity contribution is 6.03. The minimum atomic E-state index is -0.985. The number of carbonyl (C=O) groups excluding carboxylic acids is 5. The fourth-order valence-electron chi connectivity index (χ4n) is 2.73. The first-order chi connectivity index (χ1) is 19.7. The van der Waals surface area contributed by atoms with E-state index in [9.17, 15) is 28.8 Å². The number of primary amides is 2. The van der Waals surface area contributed by atoms with Crippen LogP contribution in [0.4, 0.5) is 11.4 Å². The maximum absolute atomic E-state index is 11.8. The van der Waals surface area contributed by atoms with Crippen LogP contribution in [0.15, 0.2) is 36.9 Å². The van der Waals surface area contributed by atoms with Gasteiger partial charge in [0.1, 0.15) is 11.2 Å². The Morgan fingerprint density at radius 3 is 1.58 bits per heavy atom. The third-order valence-electron chi connectivity index (χ3n) is 4.42. The van der Waals surface area contributed by atoms with Gasteiger partial charge in [0.2, 0.25) is 5.91 Å². The molecule has 8 N–H and O–H groups in total. The van der Waals surface area contributed by atoms with E-state index in [0.717, 1.165) is 0 Å². The standard InChI is InChI=1S/C14H19N3O4.C8H14O4.C6H7N3O/c1-14(2,3)21-12(19)5-4-11(18)17-10-6-7-16-8-9(10)13(15)20;1-8(2,3)12-7(11)5-4-6(9)10;7-5-1-2-9-3-4(5)6(8)10/h6-8H,4-5H2,1-3H3,(H2,15,20)(H,16,17,18);4-5H2,1-3H3,(H,9,10);1-3H,(H2,7,9)(H2,8,10). The number of carbonyl (C=O) groups is 6. The van der Waals surface area contributed by atoms with Gasteiger partial charge in [-0.15, -0.1) is 0 Å². The van der Waals surface area contributed by atoms with Crippen LogP contribution in [0.3, 0.4) is 0 Å². The molecule has 0 bridgehead atoms. The van der Waals surface area contributed by atoms with E-state index in [-0.39, 0.29) is 42.5 Å². The Labute approximate surface area is 249 Å². The molecule has 0 radical (unpaired) electrons. The molecule has 2 rings (SSSR count). The van der Waals surface area contributed by atoms with Crippen molar-refractivity contribution in [2.75, 3.05) is 11.1 Å². The van der Waals surface area contributed by atoms with Crippen molar-refractivity contribution >= 4 is 47.0 Å². The SMILES string of the molecule is CC(C)(C)OC(=O)CCC(=O)Nc1ccncc1C(N)=O.CC(C)(C)OC(=O)CCC(=O)O.NC(=O)c1cnccc1N. The van der Waals surface area contributed by atoms with Gasteiger partial charge in [-0.3, -0.25) is 38.7 Å². The van der Waals surface area contributed by atoms with Crippen LogP contribution in [0.25, 0.3) is 0 Å². The van der Waals surface area contributed by atoms with E-state index in [2.05, 4.69) is 15.3 Å². The van der Waals surface area contributed by atoms with Gasteiger partial charge in [0.05, 0.1) is 36.1 Å². The molecule has 236 valence electrons. The van der Waals surface area contributed by atoms with Crippen molar-refractivity contribution in [1.82, 2.24) is 9.97 Å². The first-order valence-electron chi connectivity index (χ1n) is 12.9. The number of rotatable bonds is 9. The summed E-state index contributed by atoms with van der Waals surface area (Å²) in [6.45, 7) is 10.5. The number of hydrogen-bond donors (Lipinski definition) is 5. The Bertz CT molecular complexity index is 1280. The minimum Gasteiger partial charge on any atom is -0.481 e. The molecule has 0 aliphatic rings. The van der Waals surface area contributed by atoms with Crippen LogP contribution >= 0.6 is 0 Å². The van der Waals surface area contributed by atoms with Crippen LogP contribution < -0.4 is 22.5 Å². The summed E-state index contributed by atoms with van der Waals surface area (Å²) in [5, 5.41) is 10.8. The van der Waals surface area contributed by atoms with Crippen LogP contribution in [-0.2, 0) is 28.7 Å². The second kappa shape index (κ2) is 17.7. The topological polar surface area (TPSA) is 257 Å². The highest BCUT2D eigenvalue weighted by Gasteiger charge is 2.18. The van der Waals surface area contributed by atoms with Crippen molar-refractivity contribution in [1.29, 1.82) is 0 Å². The number of esters is 2. The minimum absolute atomic E-state index is 0.0416. The van der Waals surface area contributed by atoms with Crippen LogP contribution in [0.5, 0.6) is 0 Å². The van der Waals surface area contributed by atoms with Crippen LogP contribution in [-0.4, -0.2) is 61.9 Å². The van der Waals surface area contributed by atoms with E-state index in [1.807, 2.05) is 0 Å². The lowest BCUT2D eigenvalue weighted by atomic mass is 10.2. The first kappa shape index (κ1) is 37.9. The molecule has 15 nitrogen and oxygen atoms in total. The Morgan fingerprint density at radius 2 is 1.19 bits per heavy atom. The molecule has 0 atom stereocenters. The molecule has 0 unspecified atom stereocenters. The second-order valence-corrected chi connectivity index (χ2v) is 10.7. The van der Waals surface area contributed by atoms with E-state index in [0.29, 0.717) is 5.69 Å². The van der Waals surface area contributed by atoms with Gasteiger partial charge in [0.25, 0.3) is 11.8 Å². The van der Waals surface area contributed by atoms with Crippen molar-refractivity contribution in [3.05, 3.63) is 48.0 Å². The molecular weight excluding hydrogens is 564 g/mol. The molecule has 43 heavy (non-hydrogen) atoms. The monoisotopic (exact) mass is 604 g/mol. The zero-order valence-corrected chi connectivity index (χ0v) is 25.1. The Balaban J connectivity index is 0.000000677. The summed E-state index contributed by atoms with van der Waals surface area (Å²) in [6, 6.07) is 2.99. The van der Waals surface area contributed by atoms with Crippen molar-refractivity contribution < 1.29 is 43.3 Å². The fraction of sp³-hybridized carbons (Fsp3) is 0.429. The normalized spacial score (nSPS) is 10.5. The number of ether oxygens (including phenoxy) is 2. The van der Waals surface area contributed by atoms with Gasteiger partial charge in [-0.1, -0.05) is 0 Å². The largest absolute Gasteiger partial charge is 0.481 e. The molecule has 0 aromatic carbocycles. The van der Waals surface area contributed by atoms with Crippen molar-refractivity contribution in [2.45, 2.75) is 78.4 Å². The molecule has 2 aromatic rings. The zero-order chi connectivity index (χ0) is 33.4. The van der Waals surface area contributed by atoms with Crippen molar-refractivity contribution in [3.63, 3.8) is 0 Å². The van der Waals surface area contributed by atoms with Gasteiger partial charge in [-0.25, -0.2) is 0 Å². The number of pyridine rings is 2. The summed E-state index contributed by atoms with van der Waals surface area (Å²) in [6.07, 6.45) is 5.22. The number of carboxylic acids is 1. The van der Waals surface area contributed by atoms with Gasteiger partial charge in [0, 0.05) is 36.9 Å².